The van der Waals surface area contributed by atoms with Gasteiger partial charge in [0.25, 0.3) is 0 Å². The van der Waals surface area contributed by atoms with Crippen LogP contribution >= 0.6 is 22.6 Å². The van der Waals surface area contributed by atoms with Crippen LogP contribution in [0.3, 0.4) is 0 Å². The normalized spacial score (nSPS) is 18.3. The van der Waals surface area contributed by atoms with E-state index in [0.717, 1.165) is 0 Å². The third kappa shape index (κ3) is 2.68. The molecule has 17 heavy (non-hydrogen) atoms. The number of hydrogen-bond donors (Lipinski definition) is 2. The van der Waals surface area contributed by atoms with Crippen LogP contribution in [0.5, 0.6) is 0 Å². The summed E-state index contributed by atoms with van der Waals surface area (Å²) >= 11 is 1.89. The van der Waals surface area contributed by atoms with Crippen LogP contribution in [-0.4, -0.2) is 25.7 Å². The standard InChI is InChI=1S/C11H12FIN2O2/c1-17-3-2-8-11(16)15-10-5-7(13)6(12)4-9(10)14-8/h4-5,8,14H,2-3H2,1H3,(H,15,16). The Balaban J connectivity index is 2.22. The van der Waals surface area contributed by atoms with Crippen LogP contribution in [0, 0.1) is 9.39 Å². The molecule has 4 nitrogen and oxygen atoms in total. The highest BCUT2D eigenvalue weighted by atomic mass is 127. The van der Waals surface area contributed by atoms with E-state index >= 15 is 0 Å². The molecule has 0 aromatic heterocycles. The Hall–Kier alpha value is -0.890. The number of rotatable bonds is 3. The summed E-state index contributed by atoms with van der Waals surface area (Å²) < 4.78 is 18.8. The fourth-order valence-electron chi connectivity index (χ4n) is 1.68. The summed E-state index contributed by atoms with van der Waals surface area (Å²) in [4.78, 5) is 11.7. The largest absolute Gasteiger partial charge is 0.385 e. The van der Waals surface area contributed by atoms with E-state index in [2.05, 4.69) is 10.6 Å². The van der Waals surface area contributed by atoms with Crippen LogP contribution in [-0.2, 0) is 9.53 Å². The number of ether oxygens (including phenoxy) is 1. The van der Waals surface area contributed by atoms with Crippen molar-refractivity contribution >= 4 is 39.9 Å². The summed E-state index contributed by atoms with van der Waals surface area (Å²) in [5, 5.41) is 5.77. The van der Waals surface area contributed by atoms with Gasteiger partial charge in [0, 0.05) is 19.8 Å². The molecule has 0 radical (unpaired) electrons. The molecule has 1 atom stereocenters. The molecular formula is C11H12FIN2O2. The van der Waals surface area contributed by atoms with Gasteiger partial charge in [0.05, 0.1) is 14.9 Å². The quantitative estimate of drug-likeness (QED) is 0.822. The maximum absolute atomic E-state index is 13.4. The highest BCUT2D eigenvalue weighted by molar-refractivity contribution is 14.1. The number of halogens is 2. The summed E-state index contributed by atoms with van der Waals surface area (Å²) in [6.07, 6.45) is 0.551. The van der Waals surface area contributed by atoms with Gasteiger partial charge in [-0.25, -0.2) is 4.39 Å². The first-order valence-corrected chi connectivity index (χ1v) is 6.25. The summed E-state index contributed by atoms with van der Waals surface area (Å²) in [7, 11) is 1.58. The highest BCUT2D eigenvalue weighted by Crippen LogP contribution is 2.30. The van der Waals surface area contributed by atoms with E-state index in [9.17, 15) is 9.18 Å². The van der Waals surface area contributed by atoms with Gasteiger partial charge in [-0.3, -0.25) is 4.79 Å². The average molecular weight is 350 g/mol. The number of methoxy groups -OCH3 is 1. The zero-order valence-corrected chi connectivity index (χ0v) is 11.4. The lowest BCUT2D eigenvalue weighted by Gasteiger charge is -2.26. The number of carbonyl (C=O) groups is 1. The van der Waals surface area contributed by atoms with E-state index in [4.69, 9.17) is 4.74 Å². The zero-order valence-electron chi connectivity index (χ0n) is 9.22. The molecule has 1 aromatic rings. The fraction of sp³-hybridized carbons (Fsp3) is 0.364. The first-order chi connectivity index (χ1) is 8.11. The Morgan fingerprint density at radius 1 is 1.47 bits per heavy atom. The third-order valence-corrected chi connectivity index (χ3v) is 3.40. The molecule has 0 saturated carbocycles. The number of nitrogens with one attached hydrogen (secondary N) is 2. The summed E-state index contributed by atoms with van der Waals surface area (Å²) in [6.45, 7) is 0.479. The second kappa shape index (κ2) is 5.18. The molecule has 2 N–H and O–H groups in total. The van der Waals surface area contributed by atoms with Crippen LogP contribution in [0.4, 0.5) is 15.8 Å². The molecule has 1 amide bonds. The molecular weight excluding hydrogens is 338 g/mol. The summed E-state index contributed by atoms with van der Waals surface area (Å²) in [6, 6.07) is 2.64. The zero-order chi connectivity index (χ0) is 12.4. The van der Waals surface area contributed by atoms with E-state index in [1.807, 2.05) is 22.6 Å². The fourth-order valence-corrected chi connectivity index (χ4v) is 2.15. The number of fused-ring (bicyclic) bond motifs is 1. The Labute approximate surface area is 112 Å². The summed E-state index contributed by atoms with van der Waals surface area (Å²) in [5.74, 6) is -0.407. The van der Waals surface area contributed by atoms with Gasteiger partial charge in [-0.2, -0.15) is 0 Å². The molecule has 0 fully saturated rings. The molecule has 0 aliphatic carbocycles. The Bertz CT molecular complexity index is 453. The van der Waals surface area contributed by atoms with Crippen molar-refractivity contribution in [2.75, 3.05) is 24.4 Å². The predicted molar refractivity (Wildman–Crippen MR) is 71.7 cm³/mol. The minimum absolute atomic E-state index is 0.114. The molecule has 6 heteroatoms. The maximum Gasteiger partial charge on any atom is 0.247 e. The molecule has 1 unspecified atom stereocenters. The first-order valence-electron chi connectivity index (χ1n) is 5.17. The van der Waals surface area contributed by atoms with E-state index in [0.29, 0.717) is 28.0 Å². The van der Waals surface area contributed by atoms with Gasteiger partial charge in [-0.05, 0) is 35.1 Å². The predicted octanol–water partition coefficient (Wildman–Crippen LogP) is 2.20. The van der Waals surface area contributed by atoms with Crippen LogP contribution in [0.15, 0.2) is 12.1 Å². The molecule has 1 heterocycles. The van der Waals surface area contributed by atoms with E-state index < -0.39 is 0 Å². The van der Waals surface area contributed by atoms with Crippen molar-refractivity contribution < 1.29 is 13.9 Å². The molecule has 0 saturated heterocycles. The molecule has 1 aliphatic heterocycles. The Morgan fingerprint density at radius 2 is 2.24 bits per heavy atom. The van der Waals surface area contributed by atoms with Gasteiger partial charge in [0.15, 0.2) is 0 Å². The lowest BCUT2D eigenvalue weighted by Crippen LogP contribution is -2.39. The van der Waals surface area contributed by atoms with E-state index in [1.165, 1.54) is 6.07 Å². The lowest BCUT2D eigenvalue weighted by atomic mass is 10.1. The number of amides is 1. The number of carbonyl (C=O) groups excluding carboxylic acids is 1. The van der Waals surface area contributed by atoms with Gasteiger partial charge >= 0.3 is 0 Å². The second-order valence-electron chi connectivity index (χ2n) is 3.78. The van der Waals surface area contributed by atoms with Gasteiger partial charge in [-0.1, -0.05) is 0 Å². The van der Waals surface area contributed by atoms with Crippen molar-refractivity contribution in [2.45, 2.75) is 12.5 Å². The van der Waals surface area contributed by atoms with Crippen LogP contribution in [0.25, 0.3) is 0 Å². The van der Waals surface area contributed by atoms with Crippen molar-refractivity contribution in [1.82, 2.24) is 0 Å². The molecule has 0 spiro atoms. The number of benzene rings is 1. The molecule has 2 rings (SSSR count). The van der Waals surface area contributed by atoms with Gasteiger partial charge in [0.2, 0.25) is 5.91 Å². The number of anilines is 2. The Kier molecular flexibility index (Phi) is 3.82. The molecule has 1 aromatic carbocycles. The van der Waals surface area contributed by atoms with Crippen LogP contribution in [0.1, 0.15) is 6.42 Å². The van der Waals surface area contributed by atoms with Crippen molar-refractivity contribution in [3.63, 3.8) is 0 Å². The molecule has 92 valence electrons. The third-order valence-electron chi connectivity index (χ3n) is 2.58. The minimum Gasteiger partial charge on any atom is -0.385 e. The number of hydrogen-bond acceptors (Lipinski definition) is 3. The lowest BCUT2D eigenvalue weighted by molar-refractivity contribution is -0.117. The van der Waals surface area contributed by atoms with Crippen molar-refractivity contribution in [3.05, 3.63) is 21.5 Å². The second-order valence-corrected chi connectivity index (χ2v) is 4.94. The first kappa shape index (κ1) is 12.6. The molecule has 1 aliphatic rings. The van der Waals surface area contributed by atoms with E-state index in [1.54, 1.807) is 13.2 Å². The SMILES string of the molecule is COCCC1Nc2cc(F)c(I)cc2NC1=O. The highest BCUT2D eigenvalue weighted by Gasteiger charge is 2.25. The van der Waals surface area contributed by atoms with E-state index in [-0.39, 0.29) is 17.8 Å². The van der Waals surface area contributed by atoms with Crippen LogP contribution < -0.4 is 10.6 Å². The smallest absolute Gasteiger partial charge is 0.247 e. The Morgan fingerprint density at radius 3 is 2.94 bits per heavy atom. The van der Waals surface area contributed by atoms with Crippen LogP contribution in [0.2, 0.25) is 0 Å². The maximum atomic E-state index is 13.4. The monoisotopic (exact) mass is 350 g/mol. The van der Waals surface area contributed by atoms with Crippen molar-refractivity contribution in [1.29, 1.82) is 0 Å². The average Bonchev–Trinajstić information content (AvgIpc) is 2.29. The van der Waals surface area contributed by atoms with Gasteiger partial charge in [-0.15, -0.1) is 0 Å². The minimum atomic E-state index is -0.373. The topological polar surface area (TPSA) is 50.4 Å². The van der Waals surface area contributed by atoms with Gasteiger partial charge in [0.1, 0.15) is 11.9 Å². The van der Waals surface area contributed by atoms with Crippen molar-refractivity contribution in [3.8, 4) is 0 Å². The van der Waals surface area contributed by atoms with Crippen molar-refractivity contribution in [2.24, 2.45) is 0 Å². The van der Waals surface area contributed by atoms with Gasteiger partial charge < -0.3 is 15.4 Å². The molecule has 0 bridgehead atoms. The summed E-state index contributed by atoms with van der Waals surface area (Å²) in [5.41, 5.74) is 1.23.